The summed E-state index contributed by atoms with van der Waals surface area (Å²) in [6.07, 6.45) is 0. The summed E-state index contributed by atoms with van der Waals surface area (Å²) < 4.78 is 33.6. The molecule has 0 amide bonds. The van der Waals surface area contributed by atoms with Crippen LogP contribution in [0.2, 0.25) is 0 Å². The summed E-state index contributed by atoms with van der Waals surface area (Å²) in [5.41, 5.74) is 1.40. The van der Waals surface area contributed by atoms with Gasteiger partial charge in [0, 0.05) is 17.8 Å². The fourth-order valence-electron chi connectivity index (χ4n) is 1.75. The molecule has 0 bridgehead atoms. The van der Waals surface area contributed by atoms with Gasteiger partial charge in [0.15, 0.2) is 0 Å². The second kappa shape index (κ2) is 6.59. The first kappa shape index (κ1) is 16.3. The maximum absolute atomic E-state index is 11.5. The fraction of sp³-hybridized carbons (Fsp3) is 0.538. The lowest BCUT2D eigenvalue weighted by Crippen LogP contribution is -2.08. The zero-order valence-corrected chi connectivity index (χ0v) is 13.1. The summed E-state index contributed by atoms with van der Waals surface area (Å²) in [5.74, 6) is 0.809. The van der Waals surface area contributed by atoms with Crippen LogP contribution in [-0.2, 0) is 13.8 Å². The normalized spacial score (nSPS) is 11.9. The molecule has 0 N–H and O–H groups in total. The van der Waals surface area contributed by atoms with E-state index >= 15 is 0 Å². The van der Waals surface area contributed by atoms with E-state index in [1.807, 2.05) is 13.8 Å². The van der Waals surface area contributed by atoms with Gasteiger partial charge in [0.25, 0.3) is 9.05 Å². The van der Waals surface area contributed by atoms with Gasteiger partial charge in [0.1, 0.15) is 12.4 Å². The molecule has 0 heterocycles. The Morgan fingerprint density at radius 1 is 1.26 bits per heavy atom. The number of aryl methyl sites for hydroxylation is 1. The van der Waals surface area contributed by atoms with E-state index in [2.05, 4.69) is 0 Å². The molecule has 0 aliphatic heterocycles. The van der Waals surface area contributed by atoms with Crippen LogP contribution in [0.3, 0.4) is 0 Å². The van der Waals surface area contributed by atoms with Crippen LogP contribution in [-0.4, -0.2) is 28.7 Å². The highest BCUT2D eigenvalue weighted by Gasteiger charge is 2.19. The van der Waals surface area contributed by atoms with Crippen LogP contribution in [0.25, 0.3) is 0 Å². The van der Waals surface area contributed by atoms with Crippen LogP contribution in [0.1, 0.15) is 30.9 Å². The molecule has 6 heteroatoms. The first-order valence-corrected chi connectivity index (χ1v) is 8.29. The van der Waals surface area contributed by atoms with Crippen molar-refractivity contribution < 1.29 is 17.9 Å². The van der Waals surface area contributed by atoms with Crippen molar-refractivity contribution in [3.63, 3.8) is 0 Å². The molecule has 0 spiro atoms. The Hall–Kier alpha value is -0.780. The van der Waals surface area contributed by atoms with Gasteiger partial charge in [-0.1, -0.05) is 13.8 Å². The number of hydrogen-bond acceptors (Lipinski definition) is 4. The van der Waals surface area contributed by atoms with Crippen LogP contribution < -0.4 is 4.74 Å². The largest absolute Gasteiger partial charge is 0.491 e. The van der Waals surface area contributed by atoms with Crippen molar-refractivity contribution in [1.29, 1.82) is 0 Å². The Bertz CT molecular complexity index is 538. The average Bonchev–Trinajstić information content (AvgIpc) is 2.27. The number of methoxy groups -OCH3 is 1. The van der Waals surface area contributed by atoms with Gasteiger partial charge in [0.05, 0.1) is 11.5 Å². The van der Waals surface area contributed by atoms with Gasteiger partial charge in [-0.3, -0.25) is 0 Å². The molecular weight excluding hydrogens is 288 g/mol. The second-order valence-corrected chi connectivity index (χ2v) is 7.12. The predicted molar refractivity (Wildman–Crippen MR) is 75.7 cm³/mol. The molecule has 0 saturated heterocycles. The van der Waals surface area contributed by atoms with E-state index in [9.17, 15) is 8.42 Å². The van der Waals surface area contributed by atoms with E-state index in [0.717, 1.165) is 5.56 Å². The lowest BCUT2D eigenvalue weighted by Gasteiger charge is -2.16. The number of benzene rings is 1. The number of halogens is 1. The molecule has 0 unspecified atom stereocenters. The molecule has 1 rings (SSSR count). The summed E-state index contributed by atoms with van der Waals surface area (Å²) in [7, 11) is 3.29. The second-order valence-electron chi connectivity index (χ2n) is 4.59. The van der Waals surface area contributed by atoms with Gasteiger partial charge >= 0.3 is 0 Å². The summed E-state index contributed by atoms with van der Waals surface area (Å²) in [6, 6.07) is 3.30. The molecule has 0 aliphatic rings. The summed E-state index contributed by atoms with van der Waals surface area (Å²) in [4.78, 5) is 0.136. The third-order valence-corrected chi connectivity index (χ3v) is 4.20. The van der Waals surface area contributed by atoms with Gasteiger partial charge in [-0.2, -0.15) is 0 Å². The van der Waals surface area contributed by atoms with E-state index < -0.39 is 9.05 Å². The minimum absolute atomic E-state index is 0.135. The molecule has 1 aromatic carbocycles. The first-order valence-electron chi connectivity index (χ1n) is 5.98. The molecule has 0 aromatic heterocycles. The molecule has 1 aromatic rings. The van der Waals surface area contributed by atoms with Crippen molar-refractivity contribution in [2.75, 3.05) is 20.3 Å². The Balaban J connectivity index is 3.22. The van der Waals surface area contributed by atoms with Gasteiger partial charge < -0.3 is 9.47 Å². The Morgan fingerprint density at radius 3 is 2.37 bits per heavy atom. The van der Waals surface area contributed by atoms with Crippen LogP contribution in [0.4, 0.5) is 0 Å². The minimum atomic E-state index is -3.74. The SMILES string of the molecule is COCCOc1cc(C)c(S(=O)(=O)Cl)cc1C(C)C. The van der Waals surface area contributed by atoms with Crippen molar-refractivity contribution in [3.05, 3.63) is 23.3 Å². The van der Waals surface area contributed by atoms with Gasteiger partial charge in [-0.05, 0) is 36.1 Å². The Morgan fingerprint density at radius 2 is 1.89 bits per heavy atom. The maximum atomic E-state index is 11.5. The summed E-state index contributed by atoms with van der Waals surface area (Å²) >= 11 is 0. The number of ether oxygens (including phenoxy) is 2. The van der Waals surface area contributed by atoms with Crippen molar-refractivity contribution in [2.45, 2.75) is 31.6 Å². The Labute approximate surface area is 119 Å². The van der Waals surface area contributed by atoms with Crippen LogP contribution in [0, 0.1) is 6.92 Å². The molecule has 0 atom stereocenters. The van der Waals surface area contributed by atoms with Crippen LogP contribution in [0.5, 0.6) is 5.75 Å². The van der Waals surface area contributed by atoms with E-state index in [1.54, 1.807) is 26.2 Å². The van der Waals surface area contributed by atoms with E-state index in [0.29, 0.717) is 24.5 Å². The monoisotopic (exact) mass is 306 g/mol. The van der Waals surface area contributed by atoms with Crippen LogP contribution >= 0.6 is 10.7 Å². The third kappa shape index (κ3) is 4.37. The lowest BCUT2D eigenvalue weighted by atomic mass is 10.0. The zero-order valence-electron chi connectivity index (χ0n) is 11.6. The molecule has 0 fully saturated rings. The lowest BCUT2D eigenvalue weighted by molar-refractivity contribution is 0.145. The minimum Gasteiger partial charge on any atom is -0.491 e. The third-order valence-electron chi connectivity index (χ3n) is 2.74. The van der Waals surface area contributed by atoms with Gasteiger partial charge in [0.2, 0.25) is 0 Å². The molecular formula is C13H19ClO4S. The summed E-state index contributed by atoms with van der Waals surface area (Å²) in [5, 5.41) is 0. The van der Waals surface area contributed by atoms with E-state index in [1.165, 1.54) is 0 Å². The molecule has 4 nitrogen and oxygen atoms in total. The number of hydrogen-bond donors (Lipinski definition) is 0. The van der Waals surface area contributed by atoms with Gasteiger partial charge in [-0.15, -0.1) is 0 Å². The van der Waals surface area contributed by atoms with Crippen molar-refractivity contribution in [1.82, 2.24) is 0 Å². The first-order chi connectivity index (χ1) is 8.77. The van der Waals surface area contributed by atoms with Crippen molar-refractivity contribution >= 4 is 19.7 Å². The van der Waals surface area contributed by atoms with E-state index in [-0.39, 0.29) is 10.8 Å². The number of rotatable bonds is 6. The topological polar surface area (TPSA) is 52.6 Å². The molecule has 108 valence electrons. The molecule has 0 radical (unpaired) electrons. The quantitative estimate of drug-likeness (QED) is 0.599. The van der Waals surface area contributed by atoms with E-state index in [4.69, 9.17) is 20.2 Å². The zero-order chi connectivity index (χ0) is 14.6. The maximum Gasteiger partial charge on any atom is 0.261 e. The molecule has 19 heavy (non-hydrogen) atoms. The average molecular weight is 307 g/mol. The highest BCUT2D eigenvalue weighted by atomic mass is 35.7. The highest BCUT2D eigenvalue weighted by Crippen LogP contribution is 2.32. The Kier molecular flexibility index (Phi) is 5.64. The van der Waals surface area contributed by atoms with Crippen molar-refractivity contribution in [3.8, 4) is 5.75 Å². The van der Waals surface area contributed by atoms with Crippen molar-refractivity contribution in [2.24, 2.45) is 0 Å². The van der Waals surface area contributed by atoms with Crippen LogP contribution in [0.15, 0.2) is 17.0 Å². The standard InChI is InChI=1S/C13H19ClO4S/c1-9(2)11-8-13(19(14,15)16)10(3)7-12(11)18-6-5-17-4/h7-9H,5-6H2,1-4H3. The molecule has 0 aliphatic carbocycles. The molecule has 0 saturated carbocycles. The fourth-order valence-corrected chi connectivity index (χ4v) is 2.96. The smallest absolute Gasteiger partial charge is 0.261 e. The van der Waals surface area contributed by atoms with Gasteiger partial charge in [-0.25, -0.2) is 8.42 Å². The predicted octanol–water partition coefficient (Wildman–Crippen LogP) is 3.07. The summed E-state index contributed by atoms with van der Waals surface area (Å²) in [6.45, 7) is 6.54. The highest BCUT2D eigenvalue weighted by molar-refractivity contribution is 8.13.